The number of nitrogens with zero attached hydrogens (tertiary/aromatic N) is 1. The second-order valence-electron chi connectivity index (χ2n) is 6.77. The summed E-state index contributed by atoms with van der Waals surface area (Å²) < 4.78 is 0. The molecule has 0 aliphatic carbocycles. The Morgan fingerprint density at radius 1 is 0.964 bits per heavy atom. The van der Waals surface area contributed by atoms with Gasteiger partial charge < -0.3 is 5.32 Å². The van der Waals surface area contributed by atoms with Crippen LogP contribution in [0, 0.1) is 0 Å². The van der Waals surface area contributed by atoms with Crippen LogP contribution in [0.2, 0.25) is 0 Å². The molecule has 1 unspecified atom stereocenters. The highest BCUT2D eigenvalue weighted by molar-refractivity contribution is 7.99. The molecule has 0 aromatic heterocycles. The Bertz CT molecular complexity index is 819. The number of hydrogen-bond donors (Lipinski definition) is 1. The highest BCUT2D eigenvalue weighted by Crippen LogP contribution is 2.22. The number of carbonyl (C=O) groups excluding carboxylic acids is 3. The monoisotopic (exact) mass is 396 g/mol. The molecule has 0 saturated heterocycles. The number of imide groups is 1. The van der Waals surface area contributed by atoms with Crippen molar-refractivity contribution in [3.63, 3.8) is 0 Å². The zero-order chi connectivity index (χ0) is 19.9. The number of fused-ring (bicyclic) bond motifs is 1. The predicted molar refractivity (Wildman–Crippen MR) is 111 cm³/mol. The summed E-state index contributed by atoms with van der Waals surface area (Å²) in [4.78, 5) is 37.9. The van der Waals surface area contributed by atoms with Crippen molar-refractivity contribution in [1.29, 1.82) is 0 Å². The predicted octanol–water partition coefficient (Wildman–Crippen LogP) is 3.67. The lowest BCUT2D eigenvalue weighted by atomic mass is 10.1. The van der Waals surface area contributed by atoms with Crippen molar-refractivity contribution in [3.8, 4) is 0 Å². The fraction of sp³-hybridized carbons (Fsp3) is 0.318. The van der Waals surface area contributed by atoms with Gasteiger partial charge >= 0.3 is 0 Å². The van der Waals surface area contributed by atoms with Crippen LogP contribution in [0.15, 0.2) is 54.6 Å². The zero-order valence-electron chi connectivity index (χ0n) is 15.9. The zero-order valence-corrected chi connectivity index (χ0v) is 16.7. The van der Waals surface area contributed by atoms with Crippen molar-refractivity contribution in [1.82, 2.24) is 10.2 Å². The van der Waals surface area contributed by atoms with Gasteiger partial charge in [0.1, 0.15) is 0 Å². The van der Waals surface area contributed by atoms with E-state index in [4.69, 9.17) is 0 Å². The summed E-state index contributed by atoms with van der Waals surface area (Å²) in [5.41, 5.74) is 2.07. The molecule has 3 amide bonds. The molecular weight excluding hydrogens is 372 g/mol. The average Bonchev–Trinajstić information content (AvgIpc) is 2.96. The molecule has 0 bridgehead atoms. The summed E-state index contributed by atoms with van der Waals surface area (Å²) in [6.07, 6.45) is 1.58. The average molecular weight is 397 g/mol. The van der Waals surface area contributed by atoms with Crippen LogP contribution in [-0.4, -0.2) is 40.7 Å². The molecule has 3 rings (SSSR count). The molecule has 28 heavy (non-hydrogen) atoms. The van der Waals surface area contributed by atoms with E-state index in [0.29, 0.717) is 23.4 Å². The van der Waals surface area contributed by atoms with E-state index >= 15 is 0 Å². The Hall–Kier alpha value is -2.60. The van der Waals surface area contributed by atoms with Gasteiger partial charge in [0.15, 0.2) is 0 Å². The van der Waals surface area contributed by atoms with Crippen molar-refractivity contribution < 1.29 is 14.4 Å². The molecule has 5 nitrogen and oxygen atoms in total. The van der Waals surface area contributed by atoms with Gasteiger partial charge in [0.25, 0.3) is 11.8 Å². The Kier molecular flexibility index (Phi) is 6.87. The normalized spacial score (nSPS) is 14.1. The molecular formula is C22H24N2O3S. The number of hydrogen-bond acceptors (Lipinski definition) is 4. The Morgan fingerprint density at radius 3 is 2.21 bits per heavy atom. The van der Waals surface area contributed by atoms with Crippen molar-refractivity contribution in [2.45, 2.75) is 25.8 Å². The number of carbonyl (C=O) groups is 3. The summed E-state index contributed by atoms with van der Waals surface area (Å²) >= 11 is 1.57. The van der Waals surface area contributed by atoms with E-state index in [0.717, 1.165) is 24.2 Å². The maximum Gasteiger partial charge on any atom is 0.261 e. The van der Waals surface area contributed by atoms with Gasteiger partial charge in [0.05, 0.1) is 22.9 Å². The van der Waals surface area contributed by atoms with Gasteiger partial charge in [-0.2, -0.15) is 11.8 Å². The molecule has 0 radical (unpaired) electrons. The van der Waals surface area contributed by atoms with E-state index in [1.165, 1.54) is 4.90 Å². The first kappa shape index (κ1) is 20.1. The molecule has 2 aromatic rings. The molecule has 1 aliphatic heterocycles. The van der Waals surface area contributed by atoms with E-state index in [2.05, 4.69) is 5.32 Å². The van der Waals surface area contributed by atoms with Crippen LogP contribution in [0.4, 0.5) is 0 Å². The minimum atomic E-state index is -0.206. The van der Waals surface area contributed by atoms with Gasteiger partial charge in [-0.05, 0) is 43.2 Å². The molecule has 0 spiro atoms. The van der Waals surface area contributed by atoms with E-state index in [1.54, 1.807) is 36.0 Å². The van der Waals surface area contributed by atoms with Crippen LogP contribution in [0.1, 0.15) is 52.1 Å². The molecule has 6 heteroatoms. The van der Waals surface area contributed by atoms with Crippen molar-refractivity contribution in [2.75, 3.05) is 18.1 Å². The number of amides is 3. The fourth-order valence-electron chi connectivity index (χ4n) is 3.19. The summed E-state index contributed by atoms with van der Waals surface area (Å²) in [5, 5.41) is 3.00. The molecule has 0 saturated carbocycles. The quantitative estimate of drug-likeness (QED) is 0.519. The van der Waals surface area contributed by atoms with Crippen LogP contribution in [0.25, 0.3) is 0 Å². The first-order valence-corrected chi connectivity index (χ1v) is 10.6. The first-order chi connectivity index (χ1) is 13.6. The number of unbranched alkanes of at least 4 members (excludes halogenated alkanes) is 1. The molecule has 0 fully saturated rings. The third-order valence-corrected chi connectivity index (χ3v) is 5.75. The van der Waals surface area contributed by atoms with Gasteiger partial charge in [0, 0.05) is 6.54 Å². The van der Waals surface area contributed by atoms with Crippen LogP contribution in [-0.2, 0) is 4.79 Å². The second-order valence-corrected chi connectivity index (χ2v) is 7.87. The highest BCUT2D eigenvalue weighted by Gasteiger charge is 2.34. The van der Waals surface area contributed by atoms with Gasteiger partial charge in [-0.1, -0.05) is 42.5 Å². The summed E-state index contributed by atoms with van der Waals surface area (Å²) in [7, 11) is 0. The number of rotatable bonds is 9. The first-order valence-electron chi connectivity index (χ1n) is 9.45. The van der Waals surface area contributed by atoms with Gasteiger partial charge in [-0.25, -0.2) is 0 Å². The van der Waals surface area contributed by atoms with E-state index in [-0.39, 0.29) is 23.8 Å². The molecule has 146 valence electrons. The van der Waals surface area contributed by atoms with E-state index < -0.39 is 0 Å². The number of thioether (sulfide) groups is 1. The third-order valence-electron chi connectivity index (χ3n) is 4.71. The summed E-state index contributed by atoms with van der Waals surface area (Å²) in [5.74, 6) is 0.826. The van der Waals surface area contributed by atoms with Gasteiger partial charge in [-0.3, -0.25) is 19.3 Å². The van der Waals surface area contributed by atoms with Crippen molar-refractivity contribution in [3.05, 3.63) is 71.3 Å². The molecule has 1 heterocycles. The van der Waals surface area contributed by atoms with Crippen molar-refractivity contribution >= 4 is 29.5 Å². The van der Waals surface area contributed by atoms with Gasteiger partial charge in [-0.15, -0.1) is 0 Å². The summed E-state index contributed by atoms with van der Waals surface area (Å²) in [6.45, 7) is 2.39. The fourth-order valence-corrected chi connectivity index (χ4v) is 4.01. The molecule has 1 aliphatic rings. The van der Waals surface area contributed by atoms with E-state index in [9.17, 15) is 14.4 Å². The molecule has 2 aromatic carbocycles. The Morgan fingerprint density at radius 2 is 1.57 bits per heavy atom. The van der Waals surface area contributed by atoms with E-state index in [1.807, 2.05) is 37.3 Å². The number of benzene rings is 2. The highest BCUT2D eigenvalue weighted by atomic mass is 32.2. The summed E-state index contributed by atoms with van der Waals surface area (Å²) in [6, 6.07) is 16.8. The Balaban J connectivity index is 1.32. The van der Waals surface area contributed by atoms with Crippen LogP contribution < -0.4 is 5.32 Å². The van der Waals surface area contributed by atoms with Gasteiger partial charge in [0.2, 0.25) is 5.91 Å². The van der Waals surface area contributed by atoms with Crippen molar-refractivity contribution in [2.24, 2.45) is 0 Å². The lowest BCUT2D eigenvalue weighted by Crippen LogP contribution is -2.30. The van der Waals surface area contributed by atoms with Crippen LogP contribution in [0.3, 0.4) is 0 Å². The largest absolute Gasteiger partial charge is 0.349 e. The molecule has 1 N–H and O–H groups in total. The van der Waals surface area contributed by atoms with Crippen LogP contribution in [0.5, 0.6) is 0 Å². The maximum absolute atomic E-state index is 12.3. The number of nitrogens with one attached hydrogen (secondary N) is 1. The maximum atomic E-state index is 12.3. The third kappa shape index (κ3) is 4.81. The SMILES string of the molecule is CC(NC(=O)CSCCCCN1C(=O)c2ccccc2C1=O)c1ccccc1. The minimum Gasteiger partial charge on any atom is -0.349 e. The topological polar surface area (TPSA) is 66.5 Å². The second kappa shape index (κ2) is 9.55. The van der Waals surface area contributed by atoms with Crippen LogP contribution >= 0.6 is 11.8 Å². The minimum absolute atomic E-state index is 0.0110. The lowest BCUT2D eigenvalue weighted by molar-refractivity contribution is -0.119. The Labute approximate surface area is 169 Å². The molecule has 1 atom stereocenters. The standard InChI is InChI=1S/C22H24N2O3S/c1-16(17-9-3-2-4-10-17)23-20(25)15-28-14-8-7-13-24-21(26)18-11-5-6-12-19(18)22(24)27/h2-6,9-12,16H,7-8,13-15H2,1H3,(H,23,25). The smallest absolute Gasteiger partial charge is 0.261 e. The lowest BCUT2D eigenvalue weighted by Gasteiger charge is -2.14.